The highest BCUT2D eigenvalue weighted by Crippen LogP contribution is 2.42. The Bertz CT molecular complexity index is 3190. The fourth-order valence-electron chi connectivity index (χ4n) is 7.35. The van der Waals surface area contributed by atoms with Gasteiger partial charge < -0.3 is 0 Å². The minimum atomic E-state index is 0.614. The van der Waals surface area contributed by atoms with Gasteiger partial charge in [0.25, 0.3) is 0 Å². The Labute approximate surface area is 329 Å². The molecule has 4 heterocycles. The normalized spacial score (nSPS) is 11.6. The summed E-state index contributed by atoms with van der Waals surface area (Å²) < 4.78 is 4.71. The standard InChI is InChI=1S/C48H28N6S2/c1-4-14-29(15-5-1)43-49-44(30-16-6-2-7-17-30)52-47(51-43)35-22-13-25-40-41(35)37-28-32(26-27-39(37)55-40)46-50-45(31-18-8-3-9-19-31)53-48(54-46)36-23-12-21-34-33-20-10-11-24-38(33)56-42(34)36/h1-28H. The molecular formula is C48H28N6S2. The second-order valence-electron chi connectivity index (χ2n) is 13.5. The molecule has 56 heavy (non-hydrogen) atoms. The number of hydrogen-bond donors (Lipinski definition) is 0. The smallest absolute Gasteiger partial charge is 0.165 e. The zero-order valence-electron chi connectivity index (χ0n) is 29.7. The maximum absolute atomic E-state index is 5.22. The highest BCUT2D eigenvalue weighted by atomic mass is 32.1. The lowest BCUT2D eigenvalue weighted by molar-refractivity contribution is 1.08. The number of hydrogen-bond acceptors (Lipinski definition) is 8. The number of thiophene rings is 2. The fourth-order valence-corrected chi connectivity index (χ4v) is 9.67. The van der Waals surface area contributed by atoms with E-state index in [1.165, 1.54) is 15.5 Å². The highest BCUT2D eigenvalue weighted by Gasteiger charge is 2.20. The Morgan fingerprint density at radius 1 is 0.286 bits per heavy atom. The van der Waals surface area contributed by atoms with Crippen molar-refractivity contribution in [2.75, 3.05) is 0 Å². The van der Waals surface area contributed by atoms with Crippen molar-refractivity contribution in [3.05, 3.63) is 170 Å². The first-order valence-electron chi connectivity index (χ1n) is 18.3. The molecule has 0 fully saturated rings. The van der Waals surface area contributed by atoms with E-state index in [1.807, 2.05) is 91.0 Å². The predicted octanol–water partition coefficient (Wildman–Crippen LogP) is 12.8. The third-order valence-electron chi connectivity index (χ3n) is 10.0. The summed E-state index contributed by atoms with van der Waals surface area (Å²) >= 11 is 3.53. The van der Waals surface area contributed by atoms with Gasteiger partial charge in [-0.2, -0.15) is 0 Å². The zero-order valence-corrected chi connectivity index (χ0v) is 31.3. The molecule has 8 heteroatoms. The Morgan fingerprint density at radius 2 is 0.750 bits per heavy atom. The van der Waals surface area contributed by atoms with Gasteiger partial charge in [0.05, 0.1) is 0 Å². The summed E-state index contributed by atoms with van der Waals surface area (Å²) in [6, 6.07) is 58.1. The minimum Gasteiger partial charge on any atom is -0.208 e. The van der Waals surface area contributed by atoms with Crippen molar-refractivity contribution in [2.45, 2.75) is 0 Å². The largest absolute Gasteiger partial charge is 0.208 e. The van der Waals surface area contributed by atoms with Crippen LogP contribution in [0.5, 0.6) is 0 Å². The van der Waals surface area contributed by atoms with Crippen LogP contribution in [0.3, 0.4) is 0 Å². The van der Waals surface area contributed by atoms with E-state index in [9.17, 15) is 0 Å². The number of rotatable bonds is 6. The molecule has 0 atom stereocenters. The van der Waals surface area contributed by atoms with Gasteiger partial charge in [0.2, 0.25) is 0 Å². The molecule has 0 aliphatic rings. The first kappa shape index (κ1) is 32.4. The predicted molar refractivity (Wildman–Crippen MR) is 232 cm³/mol. The third kappa shape index (κ3) is 5.62. The molecule has 4 aromatic heterocycles. The van der Waals surface area contributed by atoms with E-state index in [1.54, 1.807) is 22.7 Å². The van der Waals surface area contributed by atoms with Gasteiger partial charge in [0, 0.05) is 73.7 Å². The maximum Gasteiger partial charge on any atom is 0.165 e. The lowest BCUT2D eigenvalue weighted by atomic mass is 10.0. The summed E-state index contributed by atoms with van der Waals surface area (Å²) in [7, 11) is 0. The van der Waals surface area contributed by atoms with Crippen LogP contribution in [0.25, 0.3) is 109 Å². The summed E-state index contributed by atoms with van der Waals surface area (Å²) in [6.45, 7) is 0. The van der Waals surface area contributed by atoms with Gasteiger partial charge in [-0.15, -0.1) is 22.7 Å². The van der Waals surface area contributed by atoms with Crippen LogP contribution in [-0.2, 0) is 0 Å². The molecule has 0 saturated carbocycles. The molecule has 0 radical (unpaired) electrons. The van der Waals surface area contributed by atoms with E-state index in [-0.39, 0.29) is 0 Å². The van der Waals surface area contributed by atoms with Crippen LogP contribution < -0.4 is 0 Å². The summed E-state index contributed by atoms with van der Waals surface area (Å²) in [6.07, 6.45) is 0. The van der Waals surface area contributed by atoms with E-state index < -0.39 is 0 Å². The molecule has 7 aromatic carbocycles. The molecule has 0 saturated heterocycles. The zero-order chi connectivity index (χ0) is 37.0. The molecule has 0 spiro atoms. The molecule has 11 aromatic rings. The summed E-state index contributed by atoms with van der Waals surface area (Å²) in [5.41, 5.74) is 5.64. The van der Waals surface area contributed by atoms with Gasteiger partial charge >= 0.3 is 0 Å². The van der Waals surface area contributed by atoms with Crippen molar-refractivity contribution in [3.8, 4) is 68.3 Å². The van der Waals surface area contributed by atoms with Crippen LogP contribution in [0.4, 0.5) is 0 Å². The van der Waals surface area contributed by atoms with Crippen molar-refractivity contribution >= 4 is 63.0 Å². The Hall–Kier alpha value is -7.00. The lowest BCUT2D eigenvalue weighted by Crippen LogP contribution is -2.00. The fraction of sp³-hybridized carbons (Fsp3) is 0. The van der Waals surface area contributed by atoms with Crippen LogP contribution in [0, 0.1) is 0 Å². The van der Waals surface area contributed by atoms with Crippen molar-refractivity contribution in [1.82, 2.24) is 29.9 Å². The number of fused-ring (bicyclic) bond motifs is 6. The van der Waals surface area contributed by atoms with Crippen LogP contribution in [0.1, 0.15) is 0 Å². The first-order chi connectivity index (χ1) is 27.7. The van der Waals surface area contributed by atoms with E-state index in [0.29, 0.717) is 34.9 Å². The average Bonchev–Trinajstić information content (AvgIpc) is 3.85. The minimum absolute atomic E-state index is 0.614. The Kier molecular flexibility index (Phi) is 7.75. The van der Waals surface area contributed by atoms with E-state index in [2.05, 4.69) is 78.9 Å². The summed E-state index contributed by atoms with van der Waals surface area (Å²) in [4.78, 5) is 30.6. The van der Waals surface area contributed by atoms with E-state index >= 15 is 0 Å². The number of benzene rings is 7. The summed E-state index contributed by atoms with van der Waals surface area (Å²) in [5, 5.41) is 4.62. The van der Waals surface area contributed by atoms with Gasteiger partial charge in [-0.05, 0) is 36.4 Å². The van der Waals surface area contributed by atoms with Crippen LogP contribution in [-0.4, -0.2) is 29.9 Å². The molecule has 0 N–H and O–H groups in total. The van der Waals surface area contributed by atoms with Crippen molar-refractivity contribution < 1.29 is 0 Å². The van der Waals surface area contributed by atoms with Gasteiger partial charge in [-0.3, -0.25) is 0 Å². The van der Waals surface area contributed by atoms with Crippen LogP contribution in [0.2, 0.25) is 0 Å². The first-order valence-corrected chi connectivity index (χ1v) is 19.9. The molecule has 0 unspecified atom stereocenters. The van der Waals surface area contributed by atoms with Gasteiger partial charge in [0.1, 0.15) is 0 Å². The second kappa shape index (κ2) is 13.4. The maximum atomic E-state index is 5.22. The monoisotopic (exact) mass is 752 g/mol. The van der Waals surface area contributed by atoms with Crippen LogP contribution in [0.15, 0.2) is 170 Å². The molecular weight excluding hydrogens is 725 g/mol. The van der Waals surface area contributed by atoms with Gasteiger partial charge in [-0.1, -0.05) is 133 Å². The van der Waals surface area contributed by atoms with Gasteiger partial charge in [0.15, 0.2) is 34.9 Å². The molecule has 0 aliphatic carbocycles. The second-order valence-corrected chi connectivity index (χ2v) is 15.6. The molecule has 0 aliphatic heterocycles. The third-order valence-corrected chi connectivity index (χ3v) is 12.4. The highest BCUT2D eigenvalue weighted by molar-refractivity contribution is 7.26. The Morgan fingerprint density at radius 3 is 1.39 bits per heavy atom. The van der Waals surface area contributed by atoms with Crippen molar-refractivity contribution in [3.63, 3.8) is 0 Å². The molecule has 262 valence electrons. The number of aromatic nitrogens is 6. The molecule has 0 bridgehead atoms. The SMILES string of the molecule is c1ccc(-c2nc(-c3ccc4sc5cccc(-c6nc(-c7ccccc7)nc(-c7ccccc7)n6)c5c4c3)nc(-c3cccc4c3sc3ccccc34)n2)cc1. The van der Waals surface area contributed by atoms with Crippen molar-refractivity contribution in [1.29, 1.82) is 0 Å². The van der Waals surface area contributed by atoms with Gasteiger partial charge in [-0.25, -0.2) is 29.9 Å². The molecule has 11 rings (SSSR count). The topological polar surface area (TPSA) is 77.3 Å². The molecule has 0 amide bonds. The average molecular weight is 753 g/mol. The Balaban J connectivity index is 1.12. The molecule has 6 nitrogen and oxygen atoms in total. The van der Waals surface area contributed by atoms with E-state index in [4.69, 9.17) is 29.9 Å². The number of nitrogens with zero attached hydrogens (tertiary/aromatic N) is 6. The van der Waals surface area contributed by atoms with E-state index in [0.717, 1.165) is 58.3 Å². The lowest BCUT2D eigenvalue weighted by Gasteiger charge is -2.10. The van der Waals surface area contributed by atoms with Crippen molar-refractivity contribution in [2.24, 2.45) is 0 Å². The van der Waals surface area contributed by atoms with Crippen LogP contribution >= 0.6 is 22.7 Å². The quantitative estimate of drug-likeness (QED) is 0.168. The summed E-state index contributed by atoms with van der Waals surface area (Å²) in [5.74, 6) is 3.78.